The van der Waals surface area contributed by atoms with E-state index in [-0.39, 0.29) is 0 Å². The lowest BCUT2D eigenvalue weighted by atomic mass is 10.1. The van der Waals surface area contributed by atoms with Crippen molar-refractivity contribution in [3.8, 4) is 5.75 Å². The third kappa shape index (κ3) is 4.79. The van der Waals surface area contributed by atoms with Gasteiger partial charge in [0, 0.05) is 4.47 Å². The predicted molar refractivity (Wildman–Crippen MR) is 76.6 cm³/mol. The molecule has 0 saturated carbocycles. The van der Waals surface area contributed by atoms with Crippen LogP contribution in [0.2, 0.25) is 0 Å². The molecule has 1 rings (SSSR count). The Morgan fingerprint density at radius 1 is 1.38 bits per heavy atom. The summed E-state index contributed by atoms with van der Waals surface area (Å²) in [6, 6.07) is 6.09. The van der Waals surface area contributed by atoms with Crippen LogP contribution in [0.1, 0.15) is 25.3 Å². The maximum Gasteiger partial charge on any atom is 0.119 e. The highest BCUT2D eigenvalue weighted by Gasteiger charge is 2.02. The van der Waals surface area contributed by atoms with E-state index in [9.17, 15) is 0 Å². The standard InChI is InChI=1S/C13H19BrOS/c1-10(6-8-16)5-7-15-12-3-4-13(14)11(2)9-12/h3-4,9-10,16H,5-8H2,1-2H3. The Hall–Kier alpha value is -0.150. The van der Waals surface area contributed by atoms with Crippen LogP contribution in [-0.2, 0) is 0 Å². The Kier molecular flexibility index (Phi) is 6.29. The zero-order valence-corrected chi connectivity index (χ0v) is 12.4. The summed E-state index contributed by atoms with van der Waals surface area (Å²) >= 11 is 7.71. The van der Waals surface area contributed by atoms with Gasteiger partial charge in [0.2, 0.25) is 0 Å². The molecule has 0 amide bonds. The van der Waals surface area contributed by atoms with Gasteiger partial charge in [0.15, 0.2) is 0 Å². The predicted octanol–water partition coefficient (Wildman–Crippen LogP) is 4.48. The van der Waals surface area contributed by atoms with E-state index >= 15 is 0 Å². The first kappa shape index (κ1) is 13.9. The Morgan fingerprint density at radius 2 is 2.12 bits per heavy atom. The van der Waals surface area contributed by atoms with Crippen LogP contribution in [-0.4, -0.2) is 12.4 Å². The van der Waals surface area contributed by atoms with E-state index in [2.05, 4.69) is 48.5 Å². The lowest BCUT2D eigenvalue weighted by Gasteiger charge is -2.11. The van der Waals surface area contributed by atoms with E-state index < -0.39 is 0 Å². The van der Waals surface area contributed by atoms with Gasteiger partial charge in [-0.3, -0.25) is 0 Å². The highest BCUT2D eigenvalue weighted by atomic mass is 79.9. The normalized spacial score (nSPS) is 12.5. The van der Waals surface area contributed by atoms with Gasteiger partial charge in [-0.1, -0.05) is 22.9 Å². The van der Waals surface area contributed by atoms with Crippen LogP contribution in [0, 0.1) is 12.8 Å². The number of hydrogen-bond acceptors (Lipinski definition) is 2. The molecule has 3 heteroatoms. The second kappa shape index (κ2) is 7.23. The van der Waals surface area contributed by atoms with E-state index in [1.54, 1.807) is 0 Å². The molecule has 0 aromatic heterocycles. The van der Waals surface area contributed by atoms with Gasteiger partial charge in [0.05, 0.1) is 6.61 Å². The number of ether oxygens (including phenoxy) is 1. The number of halogens is 1. The molecule has 0 N–H and O–H groups in total. The summed E-state index contributed by atoms with van der Waals surface area (Å²) in [6.07, 6.45) is 2.25. The van der Waals surface area contributed by atoms with Gasteiger partial charge in [-0.15, -0.1) is 0 Å². The van der Waals surface area contributed by atoms with Gasteiger partial charge in [-0.2, -0.15) is 12.6 Å². The maximum absolute atomic E-state index is 5.71. The lowest BCUT2D eigenvalue weighted by molar-refractivity contribution is 0.282. The van der Waals surface area contributed by atoms with E-state index in [1.165, 1.54) is 5.56 Å². The van der Waals surface area contributed by atoms with Gasteiger partial charge in [0.1, 0.15) is 5.75 Å². The van der Waals surface area contributed by atoms with Crippen molar-refractivity contribution in [1.29, 1.82) is 0 Å². The number of aryl methyl sites for hydroxylation is 1. The molecule has 0 fully saturated rings. The molecule has 16 heavy (non-hydrogen) atoms. The maximum atomic E-state index is 5.71. The molecule has 0 saturated heterocycles. The molecule has 0 heterocycles. The highest BCUT2D eigenvalue weighted by Crippen LogP contribution is 2.22. The molecule has 0 bridgehead atoms. The van der Waals surface area contributed by atoms with Crippen LogP contribution in [0.15, 0.2) is 22.7 Å². The minimum Gasteiger partial charge on any atom is -0.494 e. The van der Waals surface area contributed by atoms with Crippen LogP contribution in [0.3, 0.4) is 0 Å². The van der Waals surface area contributed by atoms with Crippen LogP contribution in [0.4, 0.5) is 0 Å². The Labute approximate surface area is 112 Å². The topological polar surface area (TPSA) is 9.23 Å². The van der Waals surface area contributed by atoms with Crippen molar-refractivity contribution in [3.63, 3.8) is 0 Å². The fourth-order valence-corrected chi connectivity index (χ4v) is 2.14. The first-order valence-electron chi connectivity index (χ1n) is 5.63. The largest absolute Gasteiger partial charge is 0.494 e. The Morgan fingerprint density at radius 3 is 2.75 bits per heavy atom. The monoisotopic (exact) mass is 302 g/mol. The number of benzene rings is 1. The molecule has 1 unspecified atom stereocenters. The van der Waals surface area contributed by atoms with Gasteiger partial charge in [-0.25, -0.2) is 0 Å². The van der Waals surface area contributed by atoms with E-state index in [1.807, 2.05) is 12.1 Å². The SMILES string of the molecule is Cc1cc(OCCC(C)CCS)ccc1Br. The van der Waals surface area contributed by atoms with Gasteiger partial charge < -0.3 is 4.74 Å². The smallest absolute Gasteiger partial charge is 0.119 e. The van der Waals surface area contributed by atoms with Crippen molar-refractivity contribution in [2.24, 2.45) is 5.92 Å². The molecule has 1 nitrogen and oxygen atoms in total. The second-order valence-corrected chi connectivity index (χ2v) is 5.47. The summed E-state index contributed by atoms with van der Waals surface area (Å²) in [5.74, 6) is 2.60. The molecule has 0 spiro atoms. The van der Waals surface area contributed by atoms with Crippen molar-refractivity contribution >= 4 is 28.6 Å². The molecule has 1 atom stereocenters. The molecule has 90 valence electrons. The fourth-order valence-electron chi connectivity index (χ4n) is 1.45. The number of thiol groups is 1. The van der Waals surface area contributed by atoms with Gasteiger partial charge in [-0.05, 0) is 55.2 Å². The Balaban J connectivity index is 2.34. The first-order valence-corrected chi connectivity index (χ1v) is 7.06. The molecule has 0 aliphatic carbocycles. The summed E-state index contributed by atoms with van der Waals surface area (Å²) in [7, 11) is 0. The third-order valence-corrected chi connectivity index (χ3v) is 3.78. The van der Waals surface area contributed by atoms with Crippen molar-refractivity contribution in [3.05, 3.63) is 28.2 Å². The number of rotatable bonds is 6. The van der Waals surface area contributed by atoms with Crippen molar-refractivity contribution in [1.82, 2.24) is 0 Å². The van der Waals surface area contributed by atoms with Gasteiger partial charge in [0.25, 0.3) is 0 Å². The van der Waals surface area contributed by atoms with Crippen molar-refractivity contribution in [2.75, 3.05) is 12.4 Å². The molecule has 0 aliphatic rings. The van der Waals surface area contributed by atoms with Crippen LogP contribution in [0.25, 0.3) is 0 Å². The summed E-state index contributed by atoms with van der Waals surface area (Å²) in [5.41, 5.74) is 1.21. The second-order valence-electron chi connectivity index (χ2n) is 4.17. The highest BCUT2D eigenvalue weighted by molar-refractivity contribution is 9.10. The molecule has 0 radical (unpaired) electrons. The van der Waals surface area contributed by atoms with E-state index in [0.717, 1.165) is 35.4 Å². The summed E-state index contributed by atoms with van der Waals surface area (Å²) in [4.78, 5) is 0. The molecule has 1 aromatic rings. The molecule has 1 aromatic carbocycles. The van der Waals surface area contributed by atoms with E-state index in [0.29, 0.717) is 5.92 Å². The summed E-state index contributed by atoms with van der Waals surface area (Å²) in [5, 5.41) is 0. The number of hydrogen-bond donors (Lipinski definition) is 1. The zero-order valence-electron chi connectivity index (χ0n) is 9.87. The minimum absolute atomic E-state index is 0.689. The zero-order chi connectivity index (χ0) is 12.0. The van der Waals surface area contributed by atoms with Crippen LogP contribution < -0.4 is 4.74 Å². The molecular formula is C13H19BrOS. The first-order chi connectivity index (χ1) is 7.63. The average Bonchev–Trinajstić information content (AvgIpc) is 2.24. The molecule has 0 aliphatic heterocycles. The van der Waals surface area contributed by atoms with Gasteiger partial charge >= 0.3 is 0 Å². The van der Waals surface area contributed by atoms with Crippen LogP contribution in [0.5, 0.6) is 5.75 Å². The van der Waals surface area contributed by atoms with Crippen molar-refractivity contribution < 1.29 is 4.74 Å². The fraction of sp³-hybridized carbons (Fsp3) is 0.538. The molecular weight excluding hydrogens is 284 g/mol. The summed E-state index contributed by atoms with van der Waals surface area (Å²) in [6.45, 7) is 5.10. The Bertz CT molecular complexity index is 328. The minimum atomic E-state index is 0.689. The quantitative estimate of drug-likeness (QED) is 0.762. The van der Waals surface area contributed by atoms with E-state index in [4.69, 9.17) is 4.74 Å². The lowest BCUT2D eigenvalue weighted by Crippen LogP contribution is -2.04. The average molecular weight is 303 g/mol. The van der Waals surface area contributed by atoms with Crippen molar-refractivity contribution in [2.45, 2.75) is 26.7 Å². The third-order valence-electron chi connectivity index (χ3n) is 2.63. The van der Waals surface area contributed by atoms with Crippen LogP contribution >= 0.6 is 28.6 Å². The summed E-state index contributed by atoms with van der Waals surface area (Å²) < 4.78 is 6.84.